The molecule has 3 atom stereocenters. The maximum Gasteiger partial charge on any atom is 0.336 e. The summed E-state index contributed by atoms with van der Waals surface area (Å²) in [6, 6.07) is 8.87. The molecule has 1 fully saturated rings. The number of unbranched alkanes of at least 4 members (excludes halogenated alkanes) is 1. The van der Waals surface area contributed by atoms with E-state index < -0.39 is 0 Å². The van der Waals surface area contributed by atoms with Gasteiger partial charge in [-0.3, -0.25) is 0 Å². The fraction of sp³-hybridized carbons (Fsp3) is 0.450. The SMILES string of the molecule is O=c1ccc2ccc(OCCCCC3CC4C=CC3C4)cc2o1. The van der Waals surface area contributed by atoms with Crippen molar-refractivity contribution in [2.75, 3.05) is 6.61 Å². The first-order chi connectivity index (χ1) is 11.3. The van der Waals surface area contributed by atoms with Gasteiger partial charge in [-0.2, -0.15) is 0 Å². The normalized spacial score (nSPS) is 25.3. The van der Waals surface area contributed by atoms with Crippen LogP contribution in [0.3, 0.4) is 0 Å². The van der Waals surface area contributed by atoms with Gasteiger partial charge in [-0.15, -0.1) is 0 Å². The van der Waals surface area contributed by atoms with Crippen molar-refractivity contribution in [3.05, 3.63) is 52.9 Å². The molecule has 4 rings (SSSR count). The van der Waals surface area contributed by atoms with Crippen molar-refractivity contribution in [2.24, 2.45) is 17.8 Å². The van der Waals surface area contributed by atoms with Gasteiger partial charge >= 0.3 is 5.63 Å². The standard InChI is InChI=1S/C20H22O3/c21-20-9-7-15-6-8-18(13-19(15)23-20)22-10-2-1-3-16-11-14-4-5-17(16)12-14/h4-9,13-14,16-17H,1-3,10-12H2. The molecule has 0 spiro atoms. The van der Waals surface area contributed by atoms with E-state index in [1.807, 2.05) is 12.1 Å². The van der Waals surface area contributed by atoms with Gasteiger partial charge in [-0.1, -0.05) is 12.2 Å². The van der Waals surface area contributed by atoms with Gasteiger partial charge in [0.15, 0.2) is 0 Å². The summed E-state index contributed by atoms with van der Waals surface area (Å²) in [7, 11) is 0. The number of benzene rings is 1. The van der Waals surface area contributed by atoms with Gasteiger partial charge in [0, 0.05) is 17.5 Å². The Morgan fingerprint density at radius 3 is 2.83 bits per heavy atom. The lowest BCUT2D eigenvalue weighted by Gasteiger charge is -2.17. The first-order valence-corrected chi connectivity index (χ1v) is 8.63. The third-order valence-electron chi connectivity index (χ3n) is 5.25. The number of ether oxygens (including phenoxy) is 1. The third-order valence-corrected chi connectivity index (χ3v) is 5.25. The minimum Gasteiger partial charge on any atom is -0.493 e. The summed E-state index contributed by atoms with van der Waals surface area (Å²) in [6.45, 7) is 0.721. The largest absolute Gasteiger partial charge is 0.493 e. The van der Waals surface area contributed by atoms with Crippen molar-refractivity contribution in [3.63, 3.8) is 0 Å². The predicted octanol–water partition coefficient (Wildman–Crippen LogP) is 4.55. The van der Waals surface area contributed by atoms with E-state index in [9.17, 15) is 4.79 Å². The molecule has 3 heteroatoms. The Morgan fingerprint density at radius 1 is 1.09 bits per heavy atom. The van der Waals surface area contributed by atoms with Crippen molar-refractivity contribution in [1.29, 1.82) is 0 Å². The van der Waals surface area contributed by atoms with Crippen LogP contribution < -0.4 is 10.4 Å². The van der Waals surface area contributed by atoms with Crippen molar-refractivity contribution in [2.45, 2.75) is 32.1 Å². The van der Waals surface area contributed by atoms with E-state index in [0.717, 1.165) is 41.9 Å². The smallest absolute Gasteiger partial charge is 0.336 e. The molecule has 0 amide bonds. The van der Waals surface area contributed by atoms with E-state index in [1.54, 1.807) is 12.1 Å². The Bertz CT molecular complexity index is 774. The number of rotatable bonds is 6. The molecule has 1 aromatic heterocycles. The number of fused-ring (bicyclic) bond motifs is 3. The molecule has 1 aromatic carbocycles. The number of allylic oxidation sites excluding steroid dienone is 2. The summed E-state index contributed by atoms with van der Waals surface area (Å²) in [6.07, 6.45) is 11.2. The van der Waals surface area contributed by atoms with Gasteiger partial charge in [-0.05, 0) is 68.1 Å². The Morgan fingerprint density at radius 2 is 2.00 bits per heavy atom. The maximum atomic E-state index is 11.3. The van der Waals surface area contributed by atoms with Crippen LogP contribution in [0.25, 0.3) is 11.0 Å². The van der Waals surface area contributed by atoms with Crippen LogP contribution in [-0.4, -0.2) is 6.61 Å². The van der Waals surface area contributed by atoms with E-state index >= 15 is 0 Å². The molecule has 1 heterocycles. The molecule has 120 valence electrons. The summed E-state index contributed by atoms with van der Waals surface area (Å²) in [4.78, 5) is 11.3. The highest BCUT2D eigenvalue weighted by molar-refractivity contribution is 5.77. The lowest BCUT2D eigenvalue weighted by atomic mass is 9.89. The number of hydrogen-bond donors (Lipinski definition) is 0. The van der Waals surface area contributed by atoms with E-state index in [2.05, 4.69) is 12.2 Å². The van der Waals surface area contributed by atoms with Crippen LogP contribution in [0.15, 0.2) is 51.7 Å². The third kappa shape index (κ3) is 3.19. The lowest BCUT2D eigenvalue weighted by molar-refractivity contribution is 0.294. The Kier molecular flexibility index (Phi) is 3.94. The molecular formula is C20H22O3. The second kappa shape index (κ2) is 6.23. The molecule has 2 aliphatic carbocycles. The predicted molar refractivity (Wildman–Crippen MR) is 90.7 cm³/mol. The van der Waals surface area contributed by atoms with E-state index in [0.29, 0.717) is 5.58 Å². The monoisotopic (exact) mass is 310 g/mol. The molecule has 2 bridgehead atoms. The molecule has 2 aliphatic rings. The lowest BCUT2D eigenvalue weighted by Crippen LogP contribution is -2.07. The van der Waals surface area contributed by atoms with Crippen LogP contribution in [0.1, 0.15) is 32.1 Å². The van der Waals surface area contributed by atoms with Crippen molar-refractivity contribution >= 4 is 11.0 Å². The van der Waals surface area contributed by atoms with Gasteiger partial charge in [0.2, 0.25) is 0 Å². The van der Waals surface area contributed by atoms with Crippen molar-refractivity contribution in [1.82, 2.24) is 0 Å². The van der Waals surface area contributed by atoms with Gasteiger partial charge in [0.25, 0.3) is 0 Å². The van der Waals surface area contributed by atoms with E-state index in [4.69, 9.17) is 9.15 Å². The Labute approximate surface area is 136 Å². The van der Waals surface area contributed by atoms with Crippen LogP contribution in [0, 0.1) is 17.8 Å². The zero-order chi connectivity index (χ0) is 15.6. The first-order valence-electron chi connectivity index (χ1n) is 8.63. The fourth-order valence-corrected chi connectivity index (χ4v) is 4.06. The van der Waals surface area contributed by atoms with E-state index in [1.165, 1.54) is 31.7 Å². The average Bonchev–Trinajstić information content (AvgIpc) is 3.17. The second-order valence-electron chi connectivity index (χ2n) is 6.84. The molecule has 23 heavy (non-hydrogen) atoms. The first kappa shape index (κ1) is 14.6. The summed E-state index contributed by atoms with van der Waals surface area (Å²) >= 11 is 0. The Balaban J connectivity index is 1.25. The molecule has 2 aromatic rings. The topological polar surface area (TPSA) is 39.4 Å². The van der Waals surface area contributed by atoms with E-state index in [-0.39, 0.29) is 5.63 Å². The zero-order valence-electron chi connectivity index (χ0n) is 13.2. The Hall–Kier alpha value is -2.03. The van der Waals surface area contributed by atoms with Crippen molar-refractivity contribution in [3.8, 4) is 5.75 Å². The molecule has 3 unspecified atom stereocenters. The van der Waals surface area contributed by atoms with Crippen LogP contribution in [0.4, 0.5) is 0 Å². The zero-order valence-corrected chi connectivity index (χ0v) is 13.2. The molecule has 1 saturated carbocycles. The highest BCUT2D eigenvalue weighted by atomic mass is 16.5. The van der Waals surface area contributed by atoms with Gasteiger partial charge in [0.1, 0.15) is 11.3 Å². The summed E-state index contributed by atoms with van der Waals surface area (Å²) < 4.78 is 11.0. The molecule has 0 radical (unpaired) electrons. The van der Waals surface area contributed by atoms with Gasteiger partial charge in [0.05, 0.1) is 6.61 Å². The van der Waals surface area contributed by atoms with Crippen LogP contribution in [0.2, 0.25) is 0 Å². The van der Waals surface area contributed by atoms with Crippen LogP contribution >= 0.6 is 0 Å². The summed E-state index contributed by atoms with van der Waals surface area (Å²) in [5, 5.41) is 0.918. The minimum atomic E-state index is -0.324. The minimum absolute atomic E-state index is 0.324. The number of hydrogen-bond acceptors (Lipinski definition) is 3. The average molecular weight is 310 g/mol. The molecule has 3 nitrogen and oxygen atoms in total. The maximum absolute atomic E-state index is 11.3. The quantitative estimate of drug-likeness (QED) is 0.446. The second-order valence-corrected chi connectivity index (χ2v) is 6.84. The van der Waals surface area contributed by atoms with Gasteiger partial charge in [-0.25, -0.2) is 4.79 Å². The van der Waals surface area contributed by atoms with Crippen LogP contribution in [-0.2, 0) is 0 Å². The fourth-order valence-electron chi connectivity index (χ4n) is 4.06. The molecule has 0 aliphatic heterocycles. The molecule has 0 N–H and O–H groups in total. The van der Waals surface area contributed by atoms with Gasteiger partial charge < -0.3 is 9.15 Å². The van der Waals surface area contributed by atoms with Crippen LogP contribution in [0.5, 0.6) is 5.75 Å². The molecular weight excluding hydrogens is 288 g/mol. The summed E-state index contributed by atoms with van der Waals surface area (Å²) in [5.41, 5.74) is 0.262. The molecule has 0 saturated heterocycles. The highest BCUT2D eigenvalue weighted by Gasteiger charge is 2.34. The highest BCUT2D eigenvalue weighted by Crippen LogP contribution is 2.45. The summed E-state index contributed by atoms with van der Waals surface area (Å²) in [5.74, 6) is 3.40. The van der Waals surface area contributed by atoms with Crippen molar-refractivity contribution < 1.29 is 9.15 Å².